The zero-order valence-electron chi connectivity index (χ0n) is 13.9. The summed E-state index contributed by atoms with van der Waals surface area (Å²) in [5, 5.41) is 7.94. The fraction of sp³-hybridized carbons (Fsp3) is 0.158. The maximum absolute atomic E-state index is 5.26. The normalized spacial score (nSPS) is 16.0. The van der Waals surface area contributed by atoms with Crippen LogP contribution >= 0.6 is 15.9 Å². The zero-order valence-corrected chi connectivity index (χ0v) is 15.5. The van der Waals surface area contributed by atoms with Crippen molar-refractivity contribution in [2.75, 3.05) is 12.4 Å². The number of methoxy groups -OCH3 is 1. The van der Waals surface area contributed by atoms with Gasteiger partial charge in [-0.25, -0.2) is 4.68 Å². The van der Waals surface area contributed by atoms with E-state index in [-0.39, 0.29) is 6.04 Å². The summed E-state index contributed by atoms with van der Waals surface area (Å²) in [6, 6.07) is 16.2. The molecule has 25 heavy (non-hydrogen) atoms. The van der Waals surface area contributed by atoms with Gasteiger partial charge in [0, 0.05) is 10.2 Å². The molecule has 1 atom stereocenters. The molecule has 0 amide bonds. The fourth-order valence-electron chi connectivity index (χ4n) is 2.94. The second kappa shape index (κ2) is 6.37. The standard InChI is InChI=1S/C19H17BrN4O/c1-12-21-19-22-17(13-3-7-15(20)8-4-13)11-18(24(19)23-12)14-5-9-16(25-2)10-6-14/h3-11,18H,1-2H3,(H,21,22,23)/t18-/m0/s1. The molecule has 1 N–H and O–H groups in total. The average Bonchev–Trinajstić information content (AvgIpc) is 3.01. The van der Waals surface area contributed by atoms with Crippen molar-refractivity contribution in [3.63, 3.8) is 0 Å². The summed E-state index contributed by atoms with van der Waals surface area (Å²) in [7, 11) is 1.67. The first-order valence-corrected chi connectivity index (χ1v) is 8.75. The van der Waals surface area contributed by atoms with Crippen LogP contribution < -0.4 is 10.1 Å². The van der Waals surface area contributed by atoms with Crippen LogP contribution in [0, 0.1) is 6.92 Å². The molecule has 0 fully saturated rings. The van der Waals surface area contributed by atoms with E-state index in [1.54, 1.807) is 7.11 Å². The molecule has 1 aliphatic heterocycles. The molecule has 0 bridgehead atoms. The van der Waals surface area contributed by atoms with Gasteiger partial charge in [-0.3, -0.25) is 0 Å². The summed E-state index contributed by atoms with van der Waals surface area (Å²) in [5.41, 5.74) is 3.25. The molecule has 6 heteroatoms. The smallest absolute Gasteiger partial charge is 0.226 e. The van der Waals surface area contributed by atoms with Crippen molar-refractivity contribution >= 4 is 27.6 Å². The summed E-state index contributed by atoms with van der Waals surface area (Å²) in [6.07, 6.45) is 2.17. The van der Waals surface area contributed by atoms with Crippen molar-refractivity contribution in [3.8, 4) is 5.75 Å². The number of allylic oxidation sites excluding steroid dienone is 1. The summed E-state index contributed by atoms with van der Waals surface area (Å²) in [5.74, 6) is 2.33. The minimum Gasteiger partial charge on any atom is -0.497 e. The SMILES string of the molecule is COc1ccc([C@@H]2C=C(c3ccc(Br)cc3)Nc3nc(C)nn32)cc1. The van der Waals surface area contributed by atoms with Crippen molar-refractivity contribution in [3.05, 3.63) is 76.0 Å². The molecule has 0 saturated heterocycles. The first-order chi connectivity index (χ1) is 12.1. The third-order valence-electron chi connectivity index (χ3n) is 4.18. The molecule has 1 aromatic heterocycles. The number of anilines is 1. The summed E-state index contributed by atoms with van der Waals surface area (Å²) >= 11 is 3.48. The average molecular weight is 397 g/mol. The summed E-state index contributed by atoms with van der Waals surface area (Å²) in [4.78, 5) is 4.52. The lowest BCUT2D eigenvalue weighted by Gasteiger charge is -2.24. The summed E-state index contributed by atoms with van der Waals surface area (Å²) < 4.78 is 8.23. The third kappa shape index (κ3) is 3.05. The molecule has 126 valence electrons. The van der Waals surface area contributed by atoms with Gasteiger partial charge >= 0.3 is 0 Å². The van der Waals surface area contributed by atoms with E-state index in [9.17, 15) is 0 Å². The molecule has 0 radical (unpaired) electrons. The van der Waals surface area contributed by atoms with Crippen LogP contribution in [0.1, 0.15) is 23.0 Å². The fourth-order valence-corrected chi connectivity index (χ4v) is 3.20. The maximum Gasteiger partial charge on any atom is 0.226 e. The maximum atomic E-state index is 5.26. The molecule has 5 nitrogen and oxygen atoms in total. The van der Waals surface area contributed by atoms with Gasteiger partial charge in [0.2, 0.25) is 5.95 Å². The van der Waals surface area contributed by atoms with E-state index in [0.717, 1.165) is 38.8 Å². The number of nitrogens with zero attached hydrogens (tertiary/aromatic N) is 3. The number of benzene rings is 2. The highest BCUT2D eigenvalue weighted by molar-refractivity contribution is 9.10. The van der Waals surface area contributed by atoms with Gasteiger partial charge < -0.3 is 10.1 Å². The van der Waals surface area contributed by atoms with E-state index in [1.165, 1.54) is 0 Å². The van der Waals surface area contributed by atoms with Crippen molar-refractivity contribution < 1.29 is 4.74 Å². The molecule has 0 spiro atoms. The largest absolute Gasteiger partial charge is 0.497 e. The third-order valence-corrected chi connectivity index (χ3v) is 4.71. The summed E-state index contributed by atoms with van der Waals surface area (Å²) in [6.45, 7) is 1.90. The van der Waals surface area contributed by atoms with Crippen LogP contribution in [0.5, 0.6) is 5.75 Å². The molecule has 4 rings (SSSR count). The van der Waals surface area contributed by atoms with Gasteiger partial charge in [0.1, 0.15) is 17.6 Å². The number of hydrogen-bond acceptors (Lipinski definition) is 4. The molecule has 1 aliphatic rings. The van der Waals surface area contributed by atoms with Gasteiger partial charge in [-0.1, -0.05) is 40.2 Å². The molecule has 0 saturated carbocycles. The lowest BCUT2D eigenvalue weighted by Crippen LogP contribution is -2.20. The van der Waals surface area contributed by atoms with E-state index in [1.807, 2.05) is 35.9 Å². The Morgan fingerprint density at radius 1 is 1.08 bits per heavy atom. The monoisotopic (exact) mass is 396 g/mol. The molecule has 2 heterocycles. The Kier molecular flexibility index (Phi) is 4.05. The molecular formula is C19H17BrN4O. The number of ether oxygens (including phenoxy) is 1. The number of halogens is 1. The number of aromatic nitrogens is 3. The topological polar surface area (TPSA) is 52.0 Å². The van der Waals surface area contributed by atoms with Crippen LogP contribution in [0.3, 0.4) is 0 Å². The second-order valence-corrected chi connectivity index (χ2v) is 6.77. The van der Waals surface area contributed by atoms with Crippen LogP contribution in [0.2, 0.25) is 0 Å². The van der Waals surface area contributed by atoms with Crippen molar-refractivity contribution in [2.24, 2.45) is 0 Å². The molecule has 3 aromatic rings. The highest BCUT2D eigenvalue weighted by Gasteiger charge is 2.24. The Morgan fingerprint density at radius 3 is 2.48 bits per heavy atom. The molecule has 0 aliphatic carbocycles. The van der Waals surface area contributed by atoms with Crippen LogP contribution in [-0.4, -0.2) is 21.9 Å². The second-order valence-electron chi connectivity index (χ2n) is 5.86. The quantitative estimate of drug-likeness (QED) is 0.711. The van der Waals surface area contributed by atoms with E-state index in [0.29, 0.717) is 0 Å². The van der Waals surface area contributed by atoms with Crippen LogP contribution in [0.4, 0.5) is 5.95 Å². The first-order valence-electron chi connectivity index (χ1n) is 7.96. The lowest BCUT2D eigenvalue weighted by molar-refractivity contribution is 0.414. The number of nitrogens with one attached hydrogen (secondary N) is 1. The van der Waals surface area contributed by atoms with Crippen molar-refractivity contribution in [1.29, 1.82) is 0 Å². The zero-order chi connectivity index (χ0) is 17.4. The van der Waals surface area contributed by atoms with Crippen LogP contribution in [0.15, 0.2) is 59.1 Å². The van der Waals surface area contributed by atoms with E-state index in [2.05, 4.69) is 61.7 Å². The number of rotatable bonds is 3. The predicted molar refractivity (Wildman–Crippen MR) is 102 cm³/mol. The first kappa shape index (κ1) is 15.9. The van der Waals surface area contributed by atoms with Gasteiger partial charge in [0.05, 0.1) is 7.11 Å². The van der Waals surface area contributed by atoms with E-state index < -0.39 is 0 Å². The van der Waals surface area contributed by atoms with Crippen molar-refractivity contribution in [1.82, 2.24) is 14.8 Å². The van der Waals surface area contributed by atoms with Gasteiger partial charge in [-0.2, -0.15) is 10.1 Å². The van der Waals surface area contributed by atoms with Crippen molar-refractivity contribution in [2.45, 2.75) is 13.0 Å². The van der Waals surface area contributed by atoms with Gasteiger partial charge in [-0.05, 0) is 48.4 Å². The predicted octanol–water partition coefficient (Wildman–Crippen LogP) is 4.41. The highest BCUT2D eigenvalue weighted by Crippen LogP contribution is 2.33. The van der Waals surface area contributed by atoms with Gasteiger partial charge in [0.15, 0.2) is 0 Å². The lowest BCUT2D eigenvalue weighted by atomic mass is 10.0. The number of hydrogen-bond donors (Lipinski definition) is 1. The van der Waals surface area contributed by atoms with Crippen LogP contribution in [0.25, 0.3) is 5.70 Å². The molecular weight excluding hydrogens is 380 g/mol. The number of fused-ring (bicyclic) bond motifs is 1. The minimum atomic E-state index is -0.0259. The highest BCUT2D eigenvalue weighted by atomic mass is 79.9. The van der Waals surface area contributed by atoms with E-state index in [4.69, 9.17) is 4.74 Å². The minimum absolute atomic E-state index is 0.0259. The Bertz CT molecular complexity index is 929. The molecule has 0 unspecified atom stereocenters. The molecule has 2 aromatic carbocycles. The van der Waals surface area contributed by atoms with Gasteiger partial charge in [-0.15, -0.1) is 0 Å². The number of aryl methyl sites for hydroxylation is 1. The Hall–Kier alpha value is -2.60. The Labute approximate surface area is 154 Å². The Morgan fingerprint density at radius 2 is 1.80 bits per heavy atom. The Balaban J connectivity index is 1.79. The van der Waals surface area contributed by atoms with Gasteiger partial charge in [0.25, 0.3) is 0 Å². The van der Waals surface area contributed by atoms with E-state index >= 15 is 0 Å². The van der Waals surface area contributed by atoms with Crippen LogP contribution in [-0.2, 0) is 0 Å².